The summed E-state index contributed by atoms with van der Waals surface area (Å²) in [5.41, 5.74) is 16.3. The predicted octanol–water partition coefficient (Wildman–Crippen LogP) is 4.37. The largest absolute Gasteiger partial charge is 0.365 e. The summed E-state index contributed by atoms with van der Waals surface area (Å²) in [7, 11) is 0. The van der Waals surface area contributed by atoms with Crippen LogP contribution in [0.25, 0.3) is 21.5 Å². The fourth-order valence-corrected chi connectivity index (χ4v) is 5.68. The van der Waals surface area contributed by atoms with E-state index in [0.29, 0.717) is 15.7 Å². The second-order valence-corrected chi connectivity index (χ2v) is 10.0. The number of hydrogen-bond acceptors (Lipinski definition) is 8. The zero-order chi connectivity index (χ0) is 23.5. The van der Waals surface area contributed by atoms with Crippen LogP contribution >= 0.6 is 23.1 Å². The Morgan fingerprint density at radius 1 is 1.15 bits per heavy atom. The maximum atomic E-state index is 12.3. The summed E-state index contributed by atoms with van der Waals surface area (Å²) in [6, 6.07) is 20.7. The molecule has 7 nitrogen and oxygen atoms in total. The van der Waals surface area contributed by atoms with Crippen LogP contribution in [0.5, 0.6) is 0 Å². The highest BCUT2D eigenvalue weighted by Gasteiger charge is 2.26. The normalized spacial score (nSPS) is 16.2. The highest BCUT2D eigenvalue weighted by molar-refractivity contribution is 7.98. The van der Waals surface area contributed by atoms with Crippen molar-refractivity contribution in [2.45, 2.75) is 24.2 Å². The van der Waals surface area contributed by atoms with E-state index in [2.05, 4.69) is 45.0 Å². The summed E-state index contributed by atoms with van der Waals surface area (Å²) in [5.74, 6) is -0.478. The maximum Gasteiger partial charge on any atom is 0.261 e. The number of fused-ring (bicyclic) bond motifs is 1. The molecule has 0 unspecified atom stereocenters. The number of aromatic nitrogens is 2. The van der Waals surface area contributed by atoms with Crippen LogP contribution in [0.1, 0.15) is 21.7 Å². The number of likely N-dealkylation sites (tertiary alicyclic amines) is 1. The first-order valence-electron chi connectivity index (χ1n) is 11.1. The van der Waals surface area contributed by atoms with Crippen LogP contribution in [-0.2, 0) is 6.54 Å². The van der Waals surface area contributed by atoms with Crippen molar-refractivity contribution in [3.05, 3.63) is 71.1 Å². The van der Waals surface area contributed by atoms with Gasteiger partial charge in [-0.05, 0) is 18.2 Å². The number of thioether (sulfide) groups is 1. The summed E-state index contributed by atoms with van der Waals surface area (Å²) >= 11 is 2.78. The van der Waals surface area contributed by atoms with Crippen LogP contribution in [0.2, 0.25) is 0 Å². The average Bonchev–Trinajstić information content (AvgIpc) is 3.47. The number of nitrogens with two attached hydrogens (primary N) is 1. The molecule has 0 saturated carbocycles. The lowest BCUT2D eigenvalue weighted by atomic mass is 10.1. The van der Waals surface area contributed by atoms with E-state index in [1.54, 1.807) is 0 Å². The van der Waals surface area contributed by atoms with Gasteiger partial charge in [0.25, 0.3) is 5.91 Å². The van der Waals surface area contributed by atoms with Gasteiger partial charge in [0.2, 0.25) is 0 Å². The van der Waals surface area contributed by atoms with Gasteiger partial charge < -0.3 is 11.2 Å². The number of carbonyl (C=O) groups is 1. The van der Waals surface area contributed by atoms with Crippen LogP contribution < -0.4 is 16.6 Å². The van der Waals surface area contributed by atoms with Crippen molar-refractivity contribution in [1.29, 1.82) is 0 Å². The molecule has 5 rings (SSSR count). The molecule has 2 aromatic heterocycles. The SMILES string of the molecule is CSc1nc(-c2ccccc2)c2c(NN[C@@H]3CCN(Cc4ccccc4)C3)c(C(N)=O)sc2n1. The summed E-state index contributed by atoms with van der Waals surface area (Å²) in [6.45, 7) is 2.85. The Labute approximate surface area is 206 Å². The number of rotatable bonds is 8. The van der Waals surface area contributed by atoms with Crippen molar-refractivity contribution in [3.8, 4) is 11.3 Å². The number of anilines is 1. The minimum atomic E-state index is -0.478. The van der Waals surface area contributed by atoms with Gasteiger partial charge in [-0.3, -0.25) is 9.69 Å². The van der Waals surface area contributed by atoms with Gasteiger partial charge in [0, 0.05) is 31.2 Å². The monoisotopic (exact) mass is 490 g/mol. The molecule has 0 bridgehead atoms. The molecule has 0 radical (unpaired) electrons. The second-order valence-electron chi connectivity index (χ2n) is 8.25. The first-order valence-corrected chi connectivity index (χ1v) is 13.2. The van der Waals surface area contributed by atoms with E-state index in [-0.39, 0.29) is 6.04 Å². The topological polar surface area (TPSA) is 96.2 Å². The number of thiophene rings is 1. The van der Waals surface area contributed by atoms with Gasteiger partial charge in [-0.2, -0.15) is 0 Å². The molecule has 1 saturated heterocycles. The quantitative estimate of drug-likeness (QED) is 0.192. The van der Waals surface area contributed by atoms with Gasteiger partial charge in [0.15, 0.2) is 5.16 Å². The Kier molecular flexibility index (Phi) is 6.77. The Hall–Kier alpha value is -2.98. The van der Waals surface area contributed by atoms with E-state index in [9.17, 15) is 4.79 Å². The van der Waals surface area contributed by atoms with Gasteiger partial charge in [-0.25, -0.2) is 15.4 Å². The molecule has 3 heterocycles. The van der Waals surface area contributed by atoms with Gasteiger partial charge in [0.05, 0.1) is 16.8 Å². The molecule has 2 aromatic carbocycles. The molecule has 0 spiro atoms. The highest BCUT2D eigenvalue weighted by atomic mass is 32.2. The third-order valence-corrected chi connectivity index (χ3v) is 7.55. The Morgan fingerprint density at radius 3 is 2.59 bits per heavy atom. The molecule has 1 amide bonds. The van der Waals surface area contributed by atoms with Crippen molar-refractivity contribution in [2.24, 2.45) is 5.73 Å². The number of carbonyl (C=O) groups excluding carboxylic acids is 1. The number of hydrazine groups is 1. The molecule has 4 aromatic rings. The molecule has 9 heteroatoms. The van der Waals surface area contributed by atoms with Crippen molar-refractivity contribution in [3.63, 3.8) is 0 Å². The number of benzene rings is 2. The Balaban J connectivity index is 1.42. The van der Waals surface area contributed by atoms with E-state index < -0.39 is 5.91 Å². The highest BCUT2D eigenvalue weighted by Crippen LogP contribution is 2.40. The van der Waals surface area contributed by atoms with Gasteiger partial charge in [-0.15, -0.1) is 11.3 Å². The zero-order valence-corrected chi connectivity index (χ0v) is 20.5. The molecule has 1 aliphatic rings. The van der Waals surface area contributed by atoms with Crippen molar-refractivity contribution in [1.82, 2.24) is 20.3 Å². The van der Waals surface area contributed by atoms with E-state index in [4.69, 9.17) is 10.7 Å². The summed E-state index contributed by atoms with van der Waals surface area (Å²) in [5, 5.41) is 1.48. The van der Waals surface area contributed by atoms with Crippen LogP contribution in [0.15, 0.2) is 65.8 Å². The molecule has 0 aliphatic carbocycles. The molecule has 1 aliphatic heterocycles. The van der Waals surface area contributed by atoms with Gasteiger partial charge in [-0.1, -0.05) is 72.4 Å². The minimum Gasteiger partial charge on any atom is -0.365 e. The zero-order valence-electron chi connectivity index (χ0n) is 18.8. The third-order valence-electron chi connectivity index (χ3n) is 5.91. The number of nitrogens with zero attached hydrogens (tertiary/aromatic N) is 3. The number of nitrogens with one attached hydrogen (secondary N) is 2. The van der Waals surface area contributed by atoms with E-state index in [0.717, 1.165) is 47.5 Å². The van der Waals surface area contributed by atoms with Crippen molar-refractivity contribution < 1.29 is 4.79 Å². The summed E-state index contributed by atoms with van der Waals surface area (Å²) < 4.78 is 0. The molecular formula is C25H26N6OS2. The van der Waals surface area contributed by atoms with Crippen LogP contribution in [0.4, 0.5) is 5.69 Å². The smallest absolute Gasteiger partial charge is 0.261 e. The second kappa shape index (κ2) is 10.1. The van der Waals surface area contributed by atoms with Crippen LogP contribution in [-0.4, -0.2) is 46.2 Å². The molecule has 1 fully saturated rings. The lowest BCUT2D eigenvalue weighted by Gasteiger charge is -2.18. The molecule has 174 valence electrons. The van der Waals surface area contributed by atoms with E-state index in [1.807, 2.05) is 42.7 Å². The molecule has 34 heavy (non-hydrogen) atoms. The number of hydrogen-bond donors (Lipinski definition) is 3. The fourth-order valence-electron chi connectivity index (χ4n) is 4.28. The van der Waals surface area contributed by atoms with Crippen molar-refractivity contribution in [2.75, 3.05) is 24.8 Å². The first kappa shape index (κ1) is 22.8. The summed E-state index contributed by atoms with van der Waals surface area (Å²) in [6.07, 6.45) is 2.95. The molecule has 4 N–H and O–H groups in total. The first-order chi connectivity index (χ1) is 16.6. The van der Waals surface area contributed by atoms with Crippen LogP contribution in [0, 0.1) is 0 Å². The van der Waals surface area contributed by atoms with E-state index in [1.165, 1.54) is 28.7 Å². The third kappa shape index (κ3) is 4.78. The predicted molar refractivity (Wildman–Crippen MR) is 140 cm³/mol. The number of amides is 1. The Morgan fingerprint density at radius 2 is 1.88 bits per heavy atom. The lowest BCUT2D eigenvalue weighted by molar-refractivity contribution is 0.100. The van der Waals surface area contributed by atoms with Gasteiger partial charge in [0.1, 0.15) is 9.71 Å². The summed E-state index contributed by atoms with van der Waals surface area (Å²) in [4.78, 5) is 25.4. The standard InChI is InChI=1S/C25H26N6OS2/c1-33-25-27-20(17-10-6-3-7-11-17)19-21(22(23(26)32)34-24(19)28-25)30-29-18-12-13-31(15-18)14-16-8-4-2-5-9-16/h2-11,18,29-30H,12-15H2,1H3,(H2,26,32)/t18-/m1/s1. The molecular weight excluding hydrogens is 464 g/mol. The van der Waals surface area contributed by atoms with Gasteiger partial charge >= 0.3 is 0 Å². The Bertz CT molecular complexity index is 1300. The number of primary amides is 1. The van der Waals surface area contributed by atoms with E-state index >= 15 is 0 Å². The fraction of sp³-hybridized carbons (Fsp3) is 0.240. The van der Waals surface area contributed by atoms with Crippen LogP contribution in [0.3, 0.4) is 0 Å². The lowest BCUT2D eigenvalue weighted by Crippen LogP contribution is -2.36. The van der Waals surface area contributed by atoms with Crippen molar-refractivity contribution >= 4 is 44.9 Å². The maximum absolute atomic E-state index is 12.3. The minimum absolute atomic E-state index is 0.242. The molecule has 1 atom stereocenters. The average molecular weight is 491 g/mol.